The normalized spacial score (nSPS) is 14.4. The maximum Gasteiger partial charge on any atom is 0.248 e. The molecule has 2 N–H and O–H groups in total. The van der Waals surface area contributed by atoms with Gasteiger partial charge in [-0.05, 0) is 51.0 Å². The van der Waals surface area contributed by atoms with Gasteiger partial charge in [0.1, 0.15) is 0 Å². The number of hydrogen-bond acceptors (Lipinski definition) is 7. The Morgan fingerprint density at radius 3 is 2.59 bits per heavy atom. The summed E-state index contributed by atoms with van der Waals surface area (Å²) in [5, 5.41) is 6.64. The van der Waals surface area contributed by atoms with Gasteiger partial charge in [-0.3, -0.25) is 4.79 Å². The minimum atomic E-state index is -0.189. The van der Waals surface area contributed by atoms with Gasteiger partial charge in [0.05, 0.1) is 16.9 Å². The Morgan fingerprint density at radius 1 is 1.08 bits per heavy atom. The van der Waals surface area contributed by atoms with E-state index in [2.05, 4.69) is 49.5 Å². The third-order valence-corrected chi connectivity index (χ3v) is 6.45. The van der Waals surface area contributed by atoms with Crippen LogP contribution in [0.4, 0.5) is 23.0 Å². The van der Waals surface area contributed by atoms with Gasteiger partial charge in [-0.1, -0.05) is 42.8 Å². The molecule has 1 saturated heterocycles. The van der Waals surface area contributed by atoms with Crippen molar-refractivity contribution in [3.63, 3.8) is 0 Å². The summed E-state index contributed by atoms with van der Waals surface area (Å²) in [6, 6.07) is 15.8. The molecule has 1 amide bonds. The number of halogens is 1. The van der Waals surface area contributed by atoms with Crippen LogP contribution in [0.5, 0.6) is 0 Å². The molecule has 4 rings (SSSR count). The number of carbonyl (C=O) groups is 1. The number of rotatable bonds is 9. The fraction of sp³-hybridized carbons (Fsp3) is 0.321. The van der Waals surface area contributed by atoms with Gasteiger partial charge in [0.25, 0.3) is 0 Å². The average molecular weight is 520 g/mol. The molecule has 1 aromatic heterocycles. The van der Waals surface area contributed by atoms with Crippen molar-refractivity contribution in [1.82, 2.24) is 19.8 Å². The third kappa shape index (κ3) is 7.52. The van der Waals surface area contributed by atoms with Gasteiger partial charge in [-0.25, -0.2) is 9.97 Å². The van der Waals surface area contributed by atoms with E-state index in [0.717, 1.165) is 44.0 Å². The zero-order chi connectivity index (χ0) is 26.2. The first-order valence-corrected chi connectivity index (χ1v) is 12.9. The molecule has 3 aromatic rings. The van der Waals surface area contributed by atoms with E-state index in [9.17, 15) is 4.79 Å². The van der Waals surface area contributed by atoms with Gasteiger partial charge in [0.2, 0.25) is 11.9 Å². The van der Waals surface area contributed by atoms with E-state index in [1.165, 1.54) is 11.8 Å². The van der Waals surface area contributed by atoms with Crippen LogP contribution in [0.2, 0.25) is 5.02 Å². The second-order valence-electron chi connectivity index (χ2n) is 9.22. The molecule has 37 heavy (non-hydrogen) atoms. The third-order valence-electron chi connectivity index (χ3n) is 6.17. The second kappa shape index (κ2) is 12.7. The fourth-order valence-corrected chi connectivity index (χ4v) is 4.36. The highest BCUT2D eigenvalue weighted by Gasteiger charge is 2.16. The topological polar surface area (TPSA) is 76.6 Å². The molecule has 0 radical (unpaired) electrons. The summed E-state index contributed by atoms with van der Waals surface area (Å²) in [5.74, 6) is 0.263. The van der Waals surface area contributed by atoms with Crippen molar-refractivity contribution in [3.8, 4) is 11.3 Å². The monoisotopic (exact) mass is 519 g/mol. The summed E-state index contributed by atoms with van der Waals surface area (Å²) in [5.41, 5.74) is 4.13. The number of nitrogens with zero attached hydrogens (tertiary/aromatic N) is 5. The number of benzene rings is 2. The molecule has 0 aliphatic carbocycles. The maximum atomic E-state index is 12.3. The number of hydrogen-bond donors (Lipinski definition) is 2. The van der Waals surface area contributed by atoms with E-state index in [1.54, 1.807) is 6.20 Å². The Kier molecular flexibility index (Phi) is 9.11. The molecule has 1 aliphatic heterocycles. The molecule has 0 unspecified atom stereocenters. The number of piperazine rings is 1. The standard InChI is InChI=1S/C28H34ClN7O/c1-4-35-14-16-36(17-15-35)24-11-6-10-23(19-24)32-28-30-20-25(29)27(33-28)21-8-5-9-22(18-21)31-26(37)12-7-13-34(2)3/h5-12,18-20H,4,13-17H2,1-3H3,(H,31,37)(H,30,32,33)/b12-7+. The van der Waals surface area contributed by atoms with E-state index in [1.807, 2.05) is 61.5 Å². The van der Waals surface area contributed by atoms with Gasteiger partial charge < -0.3 is 25.3 Å². The summed E-state index contributed by atoms with van der Waals surface area (Å²) >= 11 is 6.47. The van der Waals surface area contributed by atoms with E-state index < -0.39 is 0 Å². The quantitative estimate of drug-likeness (QED) is 0.395. The molecule has 0 atom stereocenters. The SMILES string of the molecule is CCN1CCN(c2cccc(Nc3ncc(Cl)c(-c4cccc(NC(=O)/C=C/CN(C)C)c4)n3)c2)CC1. The molecule has 2 heterocycles. The first kappa shape index (κ1) is 26.6. The lowest BCUT2D eigenvalue weighted by Crippen LogP contribution is -2.46. The minimum Gasteiger partial charge on any atom is -0.369 e. The van der Waals surface area contributed by atoms with E-state index in [4.69, 9.17) is 11.6 Å². The van der Waals surface area contributed by atoms with Crippen molar-refractivity contribution < 1.29 is 4.79 Å². The highest BCUT2D eigenvalue weighted by molar-refractivity contribution is 6.33. The minimum absolute atomic E-state index is 0.189. The Bertz CT molecular complexity index is 1240. The van der Waals surface area contributed by atoms with Crippen LogP contribution in [0.15, 0.2) is 66.9 Å². The Balaban J connectivity index is 1.47. The van der Waals surface area contributed by atoms with Gasteiger partial charge in [-0.2, -0.15) is 0 Å². The Hall–Kier alpha value is -3.46. The lowest BCUT2D eigenvalue weighted by atomic mass is 10.1. The van der Waals surface area contributed by atoms with Gasteiger partial charge in [-0.15, -0.1) is 0 Å². The average Bonchev–Trinajstić information content (AvgIpc) is 2.90. The molecule has 8 nitrogen and oxygen atoms in total. The van der Waals surface area contributed by atoms with Gasteiger partial charge >= 0.3 is 0 Å². The first-order valence-electron chi connectivity index (χ1n) is 12.5. The number of anilines is 4. The molecule has 0 bridgehead atoms. The van der Waals surface area contributed by atoms with Crippen molar-refractivity contribution in [2.24, 2.45) is 0 Å². The molecular weight excluding hydrogens is 486 g/mol. The molecular formula is C28H34ClN7O. The van der Waals surface area contributed by atoms with Crippen molar-refractivity contribution >= 4 is 40.5 Å². The van der Waals surface area contributed by atoms with Crippen LogP contribution in [0.1, 0.15) is 6.92 Å². The van der Waals surface area contributed by atoms with Crippen molar-refractivity contribution in [1.29, 1.82) is 0 Å². The highest BCUT2D eigenvalue weighted by atomic mass is 35.5. The molecule has 194 valence electrons. The van der Waals surface area contributed by atoms with E-state index >= 15 is 0 Å². The van der Waals surface area contributed by atoms with Crippen LogP contribution in [0.25, 0.3) is 11.3 Å². The summed E-state index contributed by atoms with van der Waals surface area (Å²) in [6.45, 7) is 8.16. The summed E-state index contributed by atoms with van der Waals surface area (Å²) < 4.78 is 0. The summed E-state index contributed by atoms with van der Waals surface area (Å²) in [7, 11) is 3.90. The zero-order valence-electron chi connectivity index (χ0n) is 21.6. The number of amides is 1. The Labute approximate surface area is 224 Å². The van der Waals surface area contributed by atoms with Crippen LogP contribution in [0.3, 0.4) is 0 Å². The summed E-state index contributed by atoms with van der Waals surface area (Å²) in [4.78, 5) is 28.2. The fourth-order valence-electron chi connectivity index (χ4n) is 4.16. The number of nitrogens with one attached hydrogen (secondary N) is 2. The largest absolute Gasteiger partial charge is 0.369 e. The number of likely N-dealkylation sites (N-methyl/N-ethyl adjacent to an activating group) is 2. The van der Waals surface area contributed by atoms with Crippen molar-refractivity contribution in [2.75, 3.05) is 68.9 Å². The van der Waals surface area contributed by atoms with E-state index in [0.29, 0.717) is 28.9 Å². The Morgan fingerprint density at radius 2 is 1.84 bits per heavy atom. The molecule has 1 aliphatic rings. The number of carbonyl (C=O) groups excluding carboxylic acids is 1. The lowest BCUT2D eigenvalue weighted by molar-refractivity contribution is -0.111. The van der Waals surface area contributed by atoms with Crippen molar-refractivity contribution in [3.05, 3.63) is 71.9 Å². The molecule has 0 saturated carbocycles. The molecule has 0 spiro atoms. The predicted octanol–water partition coefficient (Wildman–Crippen LogP) is 4.74. The smallest absolute Gasteiger partial charge is 0.248 e. The molecule has 2 aromatic carbocycles. The predicted molar refractivity (Wildman–Crippen MR) is 153 cm³/mol. The van der Waals surface area contributed by atoms with Gasteiger partial charge in [0, 0.05) is 61.4 Å². The molecule has 1 fully saturated rings. The summed E-state index contributed by atoms with van der Waals surface area (Å²) in [6.07, 6.45) is 4.94. The first-order chi connectivity index (χ1) is 17.9. The van der Waals surface area contributed by atoms with Crippen LogP contribution in [-0.4, -0.2) is 79.0 Å². The van der Waals surface area contributed by atoms with E-state index in [-0.39, 0.29) is 5.91 Å². The van der Waals surface area contributed by atoms with Gasteiger partial charge in [0.15, 0.2) is 0 Å². The highest BCUT2D eigenvalue weighted by Crippen LogP contribution is 2.29. The number of aromatic nitrogens is 2. The van der Waals surface area contributed by atoms with Crippen LogP contribution < -0.4 is 15.5 Å². The van der Waals surface area contributed by atoms with Crippen molar-refractivity contribution in [2.45, 2.75) is 6.92 Å². The zero-order valence-corrected chi connectivity index (χ0v) is 22.4. The molecule has 9 heteroatoms. The van der Waals surface area contributed by atoms with Crippen LogP contribution >= 0.6 is 11.6 Å². The van der Waals surface area contributed by atoms with Crippen LogP contribution in [0, 0.1) is 0 Å². The van der Waals surface area contributed by atoms with Crippen LogP contribution in [-0.2, 0) is 4.79 Å². The second-order valence-corrected chi connectivity index (χ2v) is 9.63. The maximum absolute atomic E-state index is 12.3. The lowest BCUT2D eigenvalue weighted by Gasteiger charge is -2.35.